The molecule has 2 amide bonds. The maximum Gasteiger partial charge on any atom is 0.264 e. The van der Waals surface area contributed by atoms with Crippen LogP contribution in [0.3, 0.4) is 0 Å². The first-order valence-corrected chi connectivity index (χ1v) is 7.06. The Hall–Kier alpha value is -1.56. The summed E-state index contributed by atoms with van der Waals surface area (Å²) in [5.74, 6) is -0.233. The Balaban J connectivity index is 2.81. The van der Waals surface area contributed by atoms with Crippen LogP contribution in [0.5, 0.6) is 5.75 Å². The number of carbonyl (C=O) groups excluding carboxylic acids is 2. The SMILES string of the molecule is CC(C)C(Oc1ccc(Br)cc1)C(=O)N(C)CC(N)=O. The maximum absolute atomic E-state index is 12.3. The second-order valence-electron chi connectivity index (χ2n) is 4.90. The lowest BCUT2D eigenvalue weighted by molar-refractivity contribution is -0.141. The molecule has 1 aromatic carbocycles. The monoisotopic (exact) mass is 342 g/mol. The Morgan fingerprint density at radius 2 is 1.85 bits per heavy atom. The van der Waals surface area contributed by atoms with Gasteiger partial charge in [-0.15, -0.1) is 0 Å². The number of nitrogens with two attached hydrogens (primary N) is 1. The van der Waals surface area contributed by atoms with Crippen LogP contribution in [0.25, 0.3) is 0 Å². The van der Waals surface area contributed by atoms with Crippen LogP contribution in [-0.2, 0) is 9.59 Å². The van der Waals surface area contributed by atoms with Crippen molar-refractivity contribution in [3.05, 3.63) is 28.7 Å². The normalized spacial score (nSPS) is 12.1. The van der Waals surface area contributed by atoms with E-state index in [0.717, 1.165) is 4.47 Å². The molecule has 0 saturated heterocycles. The highest BCUT2D eigenvalue weighted by atomic mass is 79.9. The quantitative estimate of drug-likeness (QED) is 0.856. The number of hydrogen-bond acceptors (Lipinski definition) is 3. The number of halogens is 1. The van der Waals surface area contributed by atoms with Crippen molar-refractivity contribution in [3.8, 4) is 5.75 Å². The highest BCUT2D eigenvalue weighted by molar-refractivity contribution is 9.10. The summed E-state index contributed by atoms with van der Waals surface area (Å²) < 4.78 is 6.66. The summed E-state index contributed by atoms with van der Waals surface area (Å²) >= 11 is 3.34. The van der Waals surface area contributed by atoms with Crippen molar-refractivity contribution < 1.29 is 14.3 Å². The summed E-state index contributed by atoms with van der Waals surface area (Å²) in [5, 5.41) is 0. The van der Waals surface area contributed by atoms with Gasteiger partial charge in [0, 0.05) is 11.5 Å². The number of amides is 2. The van der Waals surface area contributed by atoms with Crippen LogP contribution in [0.1, 0.15) is 13.8 Å². The number of likely N-dealkylation sites (N-methyl/N-ethyl adjacent to an activating group) is 1. The number of hydrogen-bond donors (Lipinski definition) is 1. The van der Waals surface area contributed by atoms with E-state index in [9.17, 15) is 9.59 Å². The molecule has 1 unspecified atom stereocenters. The second kappa shape index (κ2) is 7.28. The molecule has 0 spiro atoms. The predicted octanol–water partition coefficient (Wildman–Crippen LogP) is 1.80. The van der Waals surface area contributed by atoms with Gasteiger partial charge in [-0.1, -0.05) is 29.8 Å². The van der Waals surface area contributed by atoms with Gasteiger partial charge in [0.15, 0.2) is 6.10 Å². The molecule has 1 aromatic rings. The second-order valence-corrected chi connectivity index (χ2v) is 5.81. The van der Waals surface area contributed by atoms with E-state index in [2.05, 4.69) is 15.9 Å². The fourth-order valence-corrected chi connectivity index (χ4v) is 1.92. The van der Waals surface area contributed by atoms with Crippen molar-refractivity contribution in [1.29, 1.82) is 0 Å². The van der Waals surface area contributed by atoms with Gasteiger partial charge in [-0.2, -0.15) is 0 Å². The van der Waals surface area contributed by atoms with Gasteiger partial charge >= 0.3 is 0 Å². The van der Waals surface area contributed by atoms with Crippen LogP contribution in [0.2, 0.25) is 0 Å². The number of ether oxygens (including phenoxy) is 1. The number of carbonyl (C=O) groups is 2. The van der Waals surface area contributed by atoms with Crippen LogP contribution in [0, 0.1) is 5.92 Å². The lowest BCUT2D eigenvalue weighted by Gasteiger charge is -2.26. The molecule has 1 rings (SSSR count). The Morgan fingerprint density at radius 3 is 2.30 bits per heavy atom. The Kier molecular flexibility index (Phi) is 6.01. The first-order chi connectivity index (χ1) is 9.31. The Bertz CT molecular complexity index is 474. The van der Waals surface area contributed by atoms with Crippen LogP contribution in [0.4, 0.5) is 0 Å². The molecule has 2 N–H and O–H groups in total. The van der Waals surface area contributed by atoms with Gasteiger partial charge < -0.3 is 15.4 Å². The van der Waals surface area contributed by atoms with Crippen LogP contribution in [-0.4, -0.2) is 36.4 Å². The summed E-state index contributed by atoms with van der Waals surface area (Å²) in [6.45, 7) is 3.66. The first-order valence-electron chi connectivity index (χ1n) is 6.26. The molecule has 0 heterocycles. The van der Waals surface area contributed by atoms with Gasteiger partial charge in [0.05, 0.1) is 6.54 Å². The van der Waals surface area contributed by atoms with E-state index in [0.29, 0.717) is 5.75 Å². The van der Waals surface area contributed by atoms with E-state index in [1.807, 2.05) is 26.0 Å². The van der Waals surface area contributed by atoms with Crippen molar-refractivity contribution in [2.75, 3.05) is 13.6 Å². The van der Waals surface area contributed by atoms with Crippen molar-refractivity contribution in [3.63, 3.8) is 0 Å². The third-order valence-electron chi connectivity index (χ3n) is 2.69. The fourth-order valence-electron chi connectivity index (χ4n) is 1.66. The molecule has 6 heteroatoms. The van der Waals surface area contributed by atoms with E-state index in [1.54, 1.807) is 12.1 Å². The molecule has 0 bridgehead atoms. The van der Waals surface area contributed by atoms with E-state index in [-0.39, 0.29) is 18.4 Å². The molecule has 0 aromatic heterocycles. The largest absolute Gasteiger partial charge is 0.480 e. The van der Waals surface area contributed by atoms with E-state index >= 15 is 0 Å². The smallest absolute Gasteiger partial charge is 0.264 e. The Labute approximate surface area is 127 Å². The molecule has 110 valence electrons. The highest BCUT2D eigenvalue weighted by Gasteiger charge is 2.27. The minimum absolute atomic E-state index is 0.0264. The maximum atomic E-state index is 12.3. The van der Waals surface area contributed by atoms with E-state index in [1.165, 1.54) is 11.9 Å². The zero-order valence-electron chi connectivity index (χ0n) is 11.8. The van der Waals surface area contributed by atoms with Crippen LogP contribution >= 0.6 is 15.9 Å². The van der Waals surface area contributed by atoms with Gasteiger partial charge in [0.2, 0.25) is 5.91 Å². The molecule has 20 heavy (non-hydrogen) atoms. The summed E-state index contributed by atoms with van der Waals surface area (Å²) in [4.78, 5) is 24.4. The zero-order valence-corrected chi connectivity index (χ0v) is 13.4. The average Bonchev–Trinajstić information content (AvgIpc) is 2.36. The minimum atomic E-state index is -0.652. The summed E-state index contributed by atoms with van der Waals surface area (Å²) in [5.41, 5.74) is 5.10. The molecule has 5 nitrogen and oxygen atoms in total. The molecular weight excluding hydrogens is 324 g/mol. The summed E-state index contributed by atoms with van der Waals surface area (Å²) in [6, 6.07) is 7.23. The molecular formula is C14H19BrN2O3. The lowest BCUT2D eigenvalue weighted by Crippen LogP contribution is -2.45. The number of primary amides is 1. The lowest BCUT2D eigenvalue weighted by atomic mass is 10.1. The van der Waals surface area contributed by atoms with Gasteiger partial charge in [0.1, 0.15) is 5.75 Å². The third kappa shape index (κ3) is 4.85. The number of benzene rings is 1. The molecule has 0 aliphatic carbocycles. The highest BCUT2D eigenvalue weighted by Crippen LogP contribution is 2.20. The summed E-state index contributed by atoms with van der Waals surface area (Å²) in [7, 11) is 1.54. The molecule has 0 aliphatic heterocycles. The van der Waals surface area contributed by atoms with E-state index < -0.39 is 12.0 Å². The van der Waals surface area contributed by atoms with Crippen LogP contribution < -0.4 is 10.5 Å². The van der Waals surface area contributed by atoms with Crippen molar-refractivity contribution in [2.24, 2.45) is 11.7 Å². The molecule has 0 aliphatic rings. The van der Waals surface area contributed by atoms with Gasteiger partial charge in [-0.3, -0.25) is 9.59 Å². The van der Waals surface area contributed by atoms with Crippen LogP contribution in [0.15, 0.2) is 28.7 Å². The Morgan fingerprint density at radius 1 is 1.30 bits per heavy atom. The summed E-state index contributed by atoms with van der Waals surface area (Å²) in [6.07, 6.45) is -0.652. The zero-order chi connectivity index (χ0) is 15.3. The molecule has 0 radical (unpaired) electrons. The molecule has 1 atom stereocenters. The molecule has 0 saturated carbocycles. The number of nitrogens with zero attached hydrogens (tertiary/aromatic N) is 1. The van der Waals surface area contributed by atoms with Crippen molar-refractivity contribution in [1.82, 2.24) is 4.90 Å². The van der Waals surface area contributed by atoms with Gasteiger partial charge in [-0.25, -0.2) is 0 Å². The predicted molar refractivity (Wildman–Crippen MR) is 80.2 cm³/mol. The third-order valence-corrected chi connectivity index (χ3v) is 3.22. The molecule has 0 fully saturated rings. The van der Waals surface area contributed by atoms with Gasteiger partial charge in [0.25, 0.3) is 5.91 Å². The standard InChI is InChI=1S/C14H19BrN2O3/c1-9(2)13(14(19)17(3)8-12(16)18)20-11-6-4-10(15)5-7-11/h4-7,9,13H,8H2,1-3H3,(H2,16,18). The van der Waals surface area contributed by atoms with Crippen molar-refractivity contribution >= 4 is 27.7 Å². The number of rotatable bonds is 6. The average molecular weight is 343 g/mol. The topological polar surface area (TPSA) is 72.6 Å². The van der Waals surface area contributed by atoms with Crippen molar-refractivity contribution in [2.45, 2.75) is 20.0 Å². The fraction of sp³-hybridized carbons (Fsp3) is 0.429. The minimum Gasteiger partial charge on any atom is -0.480 e. The van der Waals surface area contributed by atoms with Gasteiger partial charge in [-0.05, 0) is 30.2 Å². The van der Waals surface area contributed by atoms with E-state index in [4.69, 9.17) is 10.5 Å². The first kappa shape index (κ1) is 16.5.